The van der Waals surface area contributed by atoms with Crippen LogP contribution in [0.3, 0.4) is 0 Å². The SMILES string of the molecule is Fc1c(I)cc(OC(F)(F)F)cc1I. The lowest BCUT2D eigenvalue weighted by Crippen LogP contribution is -2.17. The highest BCUT2D eigenvalue weighted by molar-refractivity contribution is 14.1. The van der Waals surface area contributed by atoms with Crippen LogP contribution in [0.5, 0.6) is 5.75 Å². The highest BCUT2D eigenvalue weighted by atomic mass is 127. The fourth-order valence-electron chi connectivity index (χ4n) is 0.725. The molecule has 0 saturated carbocycles. The topological polar surface area (TPSA) is 9.23 Å². The largest absolute Gasteiger partial charge is 0.573 e. The molecular weight excluding hydrogens is 430 g/mol. The van der Waals surface area contributed by atoms with E-state index < -0.39 is 17.9 Å². The summed E-state index contributed by atoms with van der Waals surface area (Å²) in [6.45, 7) is 0. The Bertz CT molecular complexity index is 327. The van der Waals surface area contributed by atoms with E-state index >= 15 is 0 Å². The Morgan fingerprint density at radius 3 is 1.86 bits per heavy atom. The molecule has 0 radical (unpaired) electrons. The minimum absolute atomic E-state index is 0.0914. The first-order valence-electron chi connectivity index (χ1n) is 3.20. The number of alkyl halides is 3. The molecule has 0 aromatic heterocycles. The molecule has 0 fully saturated rings. The summed E-state index contributed by atoms with van der Waals surface area (Å²) in [5.41, 5.74) is 0. The zero-order chi connectivity index (χ0) is 10.9. The molecule has 0 atom stereocenters. The normalized spacial score (nSPS) is 11.6. The number of ether oxygens (including phenoxy) is 1. The van der Waals surface area contributed by atoms with E-state index in [1.165, 1.54) is 0 Å². The van der Waals surface area contributed by atoms with Crippen LogP contribution in [0.2, 0.25) is 0 Å². The van der Waals surface area contributed by atoms with E-state index in [4.69, 9.17) is 0 Å². The van der Waals surface area contributed by atoms with E-state index in [1.54, 1.807) is 45.2 Å². The predicted octanol–water partition coefficient (Wildman–Crippen LogP) is 3.93. The smallest absolute Gasteiger partial charge is 0.406 e. The fourth-order valence-corrected chi connectivity index (χ4v) is 2.44. The Kier molecular flexibility index (Phi) is 3.83. The van der Waals surface area contributed by atoms with Gasteiger partial charge >= 0.3 is 6.36 Å². The van der Waals surface area contributed by atoms with Crippen molar-refractivity contribution in [2.45, 2.75) is 6.36 Å². The van der Waals surface area contributed by atoms with Gasteiger partial charge in [0.2, 0.25) is 0 Å². The molecule has 0 aliphatic heterocycles. The van der Waals surface area contributed by atoms with Crippen LogP contribution in [0.25, 0.3) is 0 Å². The van der Waals surface area contributed by atoms with Gasteiger partial charge in [-0.15, -0.1) is 13.2 Å². The predicted molar refractivity (Wildman–Crippen MR) is 58.5 cm³/mol. The van der Waals surface area contributed by atoms with E-state index in [0.29, 0.717) is 0 Å². The van der Waals surface area contributed by atoms with Gasteiger partial charge in [-0.05, 0) is 57.3 Å². The van der Waals surface area contributed by atoms with Gasteiger partial charge in [-0.25, -0.2) is 4.39 Å². The third kappa shape index (κ3) is 3.41. The molecule has 78 valence electrons. The summed E-state index contributed by atoms with van der Waals surface area (Å²) in [5.74, 6) is -0.951. The summed E-state index contributed by atoms with van der Waals surface area (Å²) in [7, 11) is 0. The van der Waals surface area contributed by atoms with E-state index in [-0.39, 0.29) is 7.14 Å². The lowest BCUT2D eigenvalue weighted by atomic mass is 10.3. The maximum atomic E-state index is 13.0. The molecule has 0 heterocycles. The molecule has 14 heavy (non-hydrogen) atoms. The molecule has 7 heteroatoms. The summed E-state index contributed by atoms with van der Waals surface area (Å²) in [6.07, 6.45) is -4.75. The van der Waals surface area contributed by atoms with Crippen molar-refractivity contribution in [1.29, 1.82) is 0 Å². The molecule has 1 nitrogen and oxygen atoms in total. The van der Waals surface area contributed by atoms with Gasteiger partial charge in [0.1, 0.15) is 11.6 Å². The Labute approximate surface area is 104 Å². The molecule has 0 aliphatic rings. The molecule has 0 saturated heterocycles. The van der Waals surface area contributed by atoms with Gasteiger partial charge in [-0.2, -0.15) is 0 Å². The quantitative estimate of drug-likeness (QED) is 0.372. The maximum absolute atomic E-state index is 13.0. The average molecular weight is 432 g/mol. The van der Waals surface area contributed by atoms with Crippen molar-refractivity contribution in [3.8, 4) is 5.75 Å². The Balaban J connectivity index is 3.02. The zero-order valence-corrected chi connectivity index (χ0v) is 10.6. The first-order chi connectivity index (χ1) is 6.29. The van der Waals surface area contributed by atoms with Gasteiger partial charge in [0.25, 0.3) is 0 Å². The first-order valence-corrected chi connectivity index (χ1v) is 5.35. The van der Waals surface area contributed by atoms with Gasteiger partial charge in [0, 0.05) is 0 Å². The summed E-state index contributed by atoms with van der Waals surface area (Å²) in [4.78, 5) is 0. The van der Waals surface area contributed by atoms with E-state index in [9.17, 15) is 17.6 Å². The molecule has 0 unspecified atom stereocenters. The molecule has 1 rings (SSSR count). The van der Waals surface area contributed by atoms with Crippen LogP contribution in [-0.4, -0.2) is 6.36 Å². The van der Waals surface area contributed by atoms with E-state index in [1.807, 2.05) is 0 Å². The number of hydrogen-bond acceptors (Lipinski definition) is 1. The summed E-state index contributed by atoms with van der Waals surface area (Å²) >= 11 is 3.20. The van der Waals surface area contributed by atoms with E-state index in [2.05, 4.69) is 4.74 Å². The maximum Gasteiger partial charge on any atom is 0.573 e. The van der Waals surface area contributed by atoms with Crippen LogP contribution in [0.1, 0.15) is 0 Å². The molecule has 0 N–H and O–H groups in total. The molecule has 0 aliphatic carbocycles. The summed E-state index contributed by atoms with van der Waals surface area (Å²) < 4.78 is 52.2. The molecule has 1 aromatic rings. The Morgan fingerprint density at radius 2 is 1.50 bits per heavy atom. The second kappa shape index (κ2) is 4.37. The van der Waals surface area contributed by atoms with Crippen LogP contribution in [0.4, 0.5) is 17.6 Å². The third-order valence-corrected chi connectivity index (χ3v) is 2.76. The minimum Gasteiger partial charge on any atom is -0.406 e. The van der Waals surface area contributed by atoms with Crippen molar-refractivity contribution in [2.75, 3.05) is 0 Å². The second-order valence-electron chi connectivity index (χ2n) is 2.25. The van der Waals surface area contributed by atoms with Gasteiger partial charge in [0.05, 0.1) is 7.14 Å². The molecule has 0 spiro atoms. The second-order valence-corrected chi connectivity index (χ2v) is 4.57. The lowest BCUT2D eigenvalue weighted by Gasteiger charge is -2.09. The third-order valence-electron chi connectivity index (χ3n) is 1.19. The van der Waals surface area contributed by atoms with Crippen LogP contribution in [0, 0.1) is 13.0 Å². The highest BCUT2D eigenvalue weighted by Gasteiger charge is 2.31. The lowest BCUT2D eigenvalue weighted by molar-refractivity contribution is -0.274. The fraction of sp³-hybridized carbons (Fsp3) is 0.143. The van der Waals surface area contributed by atoms with Crippen LogP contribution in [-0.2, 0) is 0 Å². The summed E-state index contributed by atoms with van der Waals surface area (Å²) in [5, 5.41) is 0. The number of hydrogen-bond donors (Lipinski definition) is 0. The van der Waals surface area contributed by atoms with Gasteiger partial charge in [-0.1, -0.05) is 0 Å². The monoisotopic (exact) mass is 432 g/mol. The van der Waals surface area contributed by atoms with Crippen molar-refractivity contribution in [3.05, 3.63) is 25.1 Å². The van der Waals surface area contributed by atoms with Crippen LogP contribution in [0.15, 0.2) is 12.1 Å². The van der Waals surface area contributed by atoms with Crippen LogP contribution >= 0.6 is 45.2 Å². The van der Waals surface area contributed by atoms with Crippen molar-refractivity contribution >= 4 is 45.2 Å². The molecule has 0 amide bonds. The molecule has 1 aromatic carbocycles. The van der Waals surface area contributed by atoms with Gasteiger partial charge in [-0.3, -0.25) is 0 Å². The van der Waals surface area contributed by atoms with Gasteiger partial charge in [0.15, 0.2) is 0 Å². The van der Waals surface area contributed by atoms with Crippen molar-refractivity contribution in [1.82, 2.24) is 0 Å². The Morgan fingerprint density at radius 1 is 1.07 bits per heavy atom. The highest BCUT2D eigenvalue weighted by Crippen LogP contribution is 2.28. The standard InChI is InChI=1S/C7H2F4I2O/c8-6-4(12)1-3(2-5(6)13)14-7(9,10)11/h1-2H. The first kappa shape index (κ1) is 12.3. The van der Waals surface area contributed by atoms with Crippen molar-refractivity contribution < 1.29 is 22.3 Å². The van der Waals surface area contributed by atoms with Gasteiger partial charge < -0.3 is 4.74 Å². The number of benzene rings is 1. The van der Waals surface area contributed by atoms with Crippen molar-refractivity contribution in [3.63, 3.8) is 0 Å². The molecular formula is C7H2F4I2O. The average Bonchev–Trinajstić information content (AvgIpc) is 1.96. The minimum atomic E-state index is -4.75. The van der Waals surface area contributed by atoms with Crippen molar-refractivity contribution in [2.24, 2.45) is 0 Å². The number of rotatable bonds is 1. The number of halogens is 6. The Hall–Kier alpha value is 0.200. The summed E-state index contributed by atoms with van der Waals surface area (Å²) in [6, 6.07) is 1.98. The van der Waals surface area contributed by atoms with E-state index in [0.717, 1.165) is 12.1 Å². The zero-order valence-electron chi connectivity index (χ0n) is 6.33. The molecule has 0 bridgehead atoms. The van der Waals surface area contributed by atoms with Crippen LogP contribution < -0.4 is 4.74 Å².